The molecule has 1 aromatic heterocycles. The van der Waals surface area contributed by atoms with Gasteiger partial charge in [0.05, 0.1) is 6.26 Å². The van der Waals surface area contributed by atoms with Crippen molar-refractivity contribution in [2.75, 3.05) is 6.54 Å². The Morgan fingerprint density at radius 3 is 3.07 bits per heavy atom. The topological polar surface area (TPSA) is 75.6 Å². The zero-order chi connectivity index (χ0) is 10.5. The molecule has 1 aliphatic rings. The van der Waals surface area contributed by atoms with Gasteiger partial charge in [-0.3, -0.25) is 10.4 Å². The fraction of sp³-hybridized carbons (Fsp3) is 0.500. The van der Waals surface area contributed by atoms with E-state index in [1.54, 1.807) is 6.26 Å². The maximum atomic E-state index is 5.34. The summed E-state index contributed by atoms with van der Waals surface area (Å²) >= 11 is 0. The standard InChI is InChI=1S/C10H16N4O/c11-14-10(13-8-3-4-8)12-6-5-9-2-1-7-15-9/h1-2,7-8H,3-6,11H2,(H2,12,13,14). The third-order valence-electron chi connectivity index (χ3n) is 2.26. The lowest BCUT2D eigenvalue weighted by molar-refractivity contribution is 0.510. The van der Waals surface area contributed by atoms with Crippen molar-refractivity contribution in [2.24, 2.45) is 10.8 Å². The Hall–Kier alpha value is -1.49. The first kappa shape index (κ1) is 10.0. The molecule has 0 saturated heterocycles. The molecule has 0 atom stereocenters. The zero-order valence-corrected chi connectivity index (χ0v) is 8.57. The van der Waals surface area contributed by atoms with Crippen LogP contribution in [0, 0.1) is 0 Å². The lowest BCUT2D eigenvalue weighted by Gasteiger charge is -2.06. The molecule has 1 saturated carbocycles. The second-order valence-electron chi connectivity index (χ2n) is 3.62. The van der Waals surface area contributed by atoms with E-state index in [1.165, 1.54) is 12.8 Å². The van der Waals surface area contributed by atoms with Crippen LogP contribution in [-0.2, 0) is 6.42 Å². The van der Waals surface area contributed by atoms with Gasteiger partial charge in [0, 0.05) is 19.0 Å². The number of rotatable bonds is 4. The van der Waals surface area contributed by atoms with Crippen LogP contribution in [0.2, 0.25) is 0 Å². The van der Waals surface area contributed by atoms with E-state index in [1.807, 2.05) is 12.1 Å². The van der Waals surface area contributed by atoms with Crippen molar-refractivity contribution in [3.8, 4) is 0 Å². The minimum atomic E-state index is 0.559. The third kappa shape index (κ3) is 3.28. The summed E-state index contributed by atoms with van der Waals surface area (Å²) in [6.07, 6.45) is 4.88. The number of guanidine groups is 1. The molecule has 0 aliphatic heterocycles. The number of aliphatic imine (C=N–C) groups is 1. The monoisotopic (exact) mass is 208 g/mol. The summed E-state index contributed by atoms with van der Waals surface area (Å²) in [5.74, 6) is 6.96. The highest BCUT2D eigenvalue weighted by molar-refractivity contribution is 5.79. The van der Waals surface area contributed by atoms with Crippen LogP contribution in [0.25, 0.3) is 0 Å². The van der Waals surface area contributed by atoms with Crippen LogP contribution in [0.5, 0.6) is 0 Å². The SMILES string of the molecule is NNC(=NCCc1ccco1)NC1CC1. The second kappa shape index (κ2) is 4.84. The Morgan fingerprint density at radius 1 is 1.60 bits per heavy atom. The van der Waals surface area contributed by atoms with E-state index in [0.717, 1.165) is 12.2 Å². The number of nitrogens with one attached hydrogen (secondary N) is 2. The number of nitrogens with zero attached hydrogens (tertiary/aromatic N) is 1. The van der Waals surface area contributed by atoms with Crippen molar-refractivity contribution < 1.29 is 4.42 Å². The quantitative estimate of drug-likeness (QED) is 0.290. The Labute approximate surface area is 88.7 Å². The maximum Gasteiger partial charge on any atom is 0.205 e. The highest BCUT2D eigenvalue weighted by Gasteiger charge is 2.21. The fourth-order valence-corrected chi connectivity index (χ4v) is 1.29. The molecule has 0 aromatic carbocycles. The van der Waals surface area contributed by atoms with E-state index in [9.17, 15) is 0 Å². The van der Waals surface area contributed by atoms with Crippen molar-refractivity contribution >= 4 is 5.96 Å². The fourth-order valence-electron chi connectivity index (χ4n) is 1.29. The van der Waals surface area contributed by atoms with E-state index >= 15 is 0 Å². The molecule has 1 fully saturated rings. The number of hydrogen-bond acceptors (Lipinski definition) is 3. The summed E-state index contributed by atoms with van der Waals surface area (Å²) in [6, 6.07) is 4.38. The molecular formula is C10H16N4O. The molecule has 0 unspecified atom stereocenters. The molecule has 5 heteroatoms. The third-order valence-corrected chi connectivity index (χ3v) is 2.26. The summed E-state index contributed by atoms with van der Waals surface area (Å²) in [4.78, 5) is 4.31. The maximum absolute atomic E-state index is 5.34. The Balaban J connectivity index is 1.75. The van der Waals surface area contributed by atoms with Gasteiger partial charge in [0.1, 0.15) is 5.76 Å². The van der Waals surface area contributed by atoms with E-state index < -0.39 is 0 Å². The molecule has 4 N–H and O–H groups in total. The molecule has 1 aromatic rings. The molecule has 2 rings (SSSR count). The molecule has 0 amide bonds. The highest BCUT2D eigenvalue weighted by Crippen LogP contribution is 2.18. The first-order chi connectivity index (χ1) is 7.38. The average Bonchev–Trinajstić information content (AvgIpc) is 2.91. The summed E-state index contributed by atoms with van der Waals surface area (Å²) in [6.45, 7) is 0.673. The minimum absolute atomic E-state index is 0.559. The van der Waals surface area contributed by atoms with Gasteiger partial charge in [-0.1, -0.05) is 0 Å². The predicted molar refractivity (Wildman–Crippen MR) is 58.2 cm³/mol. The van der Waals surface area contributed by atoms with Crippen LogP contribution in [0.4, 0.5) is 0 Å². The summed E-state index contributed by atoms with van der Waals surface area (Å²) in [7, 11) is 0. The van der Waals surface area contributed by atoms with Crippen molar-refractivity contribution in [2.45, 2.75) is 25.3 Å². The minimum Gasteiger partial charge on any atom is -0.469 e. The lowest BCUT2D eigenvalue weighted by Crippen LogP contribution is -2.42. The van der Waals surface area contributed by atoms with Crippen LogP contribution in [0.3, 0.4) is 0 Å². The lowest BCUT2D eigenvalue weighted by atomic mass is 10.3. The number of hydrazine groups is 1. The van der Waals surface area contributed by atoms with Crippen molar-refractivity contribution in [1.82, 2.24) is 10.7 Å². The van der Waals surface area contributed by atoms with Crippen LogP contribution in [0.1, 0.15) is 18.6 Å². The normalized spacial score (nSPS) is 16.5. The van der Waals surface area contributed by atoms with Crippen molar-refractivity contribution in [1.29, 1.82) is 0 Å². The second-order valence-corrected chi connectivity index (χ2v) is 3.62. The smallest absolute Gasteiger partial charge is 0.205 e. The highest BCUT2D eigenvalue weighted by atomic mass is 16.3. The molecule has 15 heavy (non-hydrogen) atoms. The predicted octanol–water partition coefficient (Wildman–Crippen LogP) is 0.393. The van der Waals surface area contributed by atoms with Gasteiger partial charge in [0.15, 0.2) is 0 Å². The molecule has 0 bridgehead atoms. The summed E-state index contributed by atoms with van der Waals surface area (Å²) in [5, 5.41) is 3.20. The Kier molecular flexibility index (Phi) is 3.24. The van der Waals surface area contributed by atoms with Crippen LogP contribution in [0.15, 0.2) is 27.8 Å². The van der Waals surface area contributed by atoms with Crippen LogP contribution >= 0.6 is 0 Å². The first-order valence-corrected chi connectivity index (χ1v) is 5.18. The Bertz CT molecular complexity index is 316. The van der Waals surface area contributed by atoms with E-state index in [-0.39, 0.29) is 0 Å². The largest absolute Gasteiger partial charge is 0.469 e. The number of furan rings is 1. The van der Waals surface area contributed by atoms with Gasteiger partial charge in [-0.15, -0.1) is 0 Å². The van der Waals surface area contributed by atoms with Gasteiger partial charge in [-0.2, -0.15) is 0 Å². The number of hydrogen-bond donors (Lipinski definition) is 3. The molecular weight excluding hydrogens is 192 g/mol. The summed E-state index contributed by atoms with van der Waals surface area (Å²) in [5.41, 5.74) is 2.56. The number of nitrogens with two attached hydrogens (primary N) is 1. The van der Waals surface area contributed by atoms with Crippen LogP contribution in [-0.4, -0.2) is 18.5 Å². The van der Waals surface area contributed by atoms with Gasteiger partial charge in [0.2, 0.25) is 5.96 Å². The molecule has 0 radical (unpaired) electrons. The van der Waals surface area contributed by atoms with Crippen molar-refractivity contribution in [3.63, 3.8) is 0 Å². The van der Waals surface area contributed by atoms with E-state index in [0.29, 0.717) is 18.5 Å². The average molecular weight is 208 g/mol. The van der Waals surface area contributed by atoms with Crippen LogP contribution < -0.4 is 16.6 Å². The molecule has 1 heterocycles. The van der Waals surface area contributed by atoms with Gasteiger partial charge in [-0.05, 0) is 25.0 Å². The molecule has 0 spiro atoms. The van der Waals surface area contributed by atoms with Gasteiger partial charge in [-0.25, -0.2) is 5.84 Å². The Morgan fingerprint density at radius 2 is 2.47 bits per heavy atom. The molecule has 1 aliphatic carbocycles. The van der Waals surface area contributed by atoms with Crippen molar-refractivity contribution in [3.05, 3.63) is 24.2 Å². The van der Waals surface area contributed by atoms with E-state index in [4.69, 9.17) is 10.3 Å². The van der Waals surface area contributed by atoms with Gasteiger partial charge >= 0.3 is 0 Å². The summed E-state index contributed by atoms with van der Waals surface area (Å²) < 4.78 is 5.20. The van der Waals surface area contributed by atoms with Gasteiger partial charge in [0.25, 0.3) is 0 Å². The molecule has 5 nitrogen and oxygen atoms in total. The zero-order valence-electron chi connectivity index (χ0n) is 8.57. The first-order valence-electron chi connectivity index (χ1n) is 5.18. The van der Waals surface area contributed by atoms with E-state index in [2.05, 4.69) is 15.7 Å². The molecule has 82 valence electrons. The van der Waals surface area contributed by atoms with Gasteiger partial charge < -0.3 is 9.73 Å².